The zero-order chi connectivity index (χ0) is 13.5. The highest BCUT2D eigenvalue weighted by Gasteiger charge is 2.33. The number of esters is 1. The summed E-state index contributed by atoms with van der Waals surface area (Å²) in [6.45, 7) is 1.78. The summed E-state index contributed by atoms with van der Waals surface area (Å²) in [6, 6.07) is 8.91. The Balaban J connectivity index is 2.84. The summed E-state index contributed by atoms with van der Waals surface area (Å²) < 4.78 is 4.79. The molecule has 0 aliphatic heterocycles. The molecule has 1 aromatic rings. The second kappa shape index (κ2) is 6.76. The Bertz CT molecular complexity index is 401. The Morgan fingerprint density at radius 2 is 1.89 bits per heavy atom. The molecule has 0 amide bonds. The number of carboxylic acid groups (broad SMARTS) is 1. The minimum Gasteiger partial charge on any atom is -0.479 e. The van der Waals surface area contributed by atoms with Gasteiger partial charge < -0.3 is 14.9 Å². The third kappa shape index (κ3) is 3.85. The molecule has 98 valence electrons. The molecule has 0 saturated heterocycles. The summed E-state index contributed by atoms with van der Waals surface area (Å²) >= 11 is 0. The lowest BCUT2D eigenvalue weighted by Crippen LogP contribution is -2.37. The monoisotopic (exact) mass is 252 g/mol. The van der Waals surface area contributed by atoms with Gasteiger partial charge in [0.25, 0.3) is 0 Å². The summed E-state index contributed by atoms with van der Waals surface area (Å²) in [4.78, 5) is 22.4. The molecule has 0 saturated carbocycles. The number of hydrogen-bond donors (Lipinski definition) is 2. The highest BCUT2D eigenvalue weighted by molar-refractivity contribution is 5.82. The lowest BCUT2D eigenvalue weighted by atomic mass is 9.94. The van der Waals surface area contributed by atoms with E-state index < -0.39 is 24.0 Å². The van der Waals surface area contributed by atoms with Crippen molar-refractivity contribution in [1.29, 1.82) is 0 Å². The average molecular weight is 252 g/mol. The first-order chi connectivity index (χ1) is 8.56. The number of rotatable bonds is 6. The van der Waals surface area contributed by atoms with Gasteiger partial charge in [-0.05, 0) is 18.9 Å². The molecule has 1 aromatic carbocycles. The summed E-state index contributed by atoms with van der Waals surface area (Å²) in [6.07, 6.45) is -1.63. The number of aliphatic carboxylic acids is 1. The van der Waals surface area contributed by atoms with E-state index in [1.54, 1.807) is 31.2 Å². The first-order valence-electron chi connectivity index (χ1n) is 5.67. The zero-order valence-electron chi connectivity index (χ0n) is 10.1. The van der Waals surface area contributed by atoms with Crippen LogP contribution in [0, 0.1) is 5.92 Å². The van der Waals surface area contributed by atoms with E-state index in [-0.39, 0.29) is 13.0 Å². The Labute approximate surface area is 105 Å². The van der Waals surface area contributed by atoms with E-state index in [1.807, 2.05) is 6.07 Å². The van der Waals surface area contributed by atoms with Crippen LogP contribution in [0.5, 0.6) is 0 Å². The number of carboxylic acids is 1. The molecule has 2 N–H and O–H groups in total. The van der Waals surface area contributed by atoms with Crippen molar-refractivity contribution in [1.82, 2.24) is 0 Å². The van der Waals surface area contributed by atoms with E-state index in [2.05, 4.69) is 0 Å². The maximum absolute atomic E-state index is 11.6. The number of ether oxygens (including phenoxy) is 1. The van der Waals surface area contributed by atoms with Gasteiger partial charge in [-0.1, -0.05) is 30.3 Å². The molecule has 2 unspecified atom stereocenters. The highest BCUT2D eigenvalue weighted by Crippen LogP contribution is 2.15. The summed E-state index contributed by atoms with van der Waals surface area (Å²) in [5.74, 6) is -3.22. The van der Waals surface area contributed by atoms with Crippen molar-refractivity contribution >= 4 is 11.9 Å². The van der Waals surface area contributed by atoms with Crippen molar-refractivity contribution in [2.24, 2.45) is 5.92 Å². The molecule has 0 aliphatic rings. The molecule has 0 heterocycles. The topological polar surface area (TPSA) is 83.8 Å². The molecule has 5 heteroatoms. The van der Waals surface area contributed by atoms with Gasteiger partial charge in [-0.25, -0.2) is 4.79 Å². The van der Waals surface area contributed by atoms with Crippen LogP contribution in [0.15, 0.2) is 30.3 Å². The SMILES string of the molecule is CCOC(=O)C(Cc1ccccc1)C(O)C(=O)O. The van der Waals surface area contributed by atoms with Crippen LogP contribution in [0.4, 0.5) is 0 Å². The normalized spacial score (nSPS) is 13.7. The lowest BCUT2D eigenvalue weighted by molar-refractivity contribution is -0.162. The Hall–Kier alpha value is -1.88. The Morgan fingerprint density at radius 1 is 1.28 bits per heavy atom. The summed E-state index contributed by atoms with van der Waals surface area (Å²) in [5.41, 5.74) is 0.774. The smallest absolute Gasteiger partial charge is 0.333 e. The van der Waals surface area contributed by atoms with Crippen LogP contribution >= 0.6 is 0 Å². The number of aliphatic hydroxyl groups excluding tert-OH is 1. The van der Waals surface area contributed by atoms with Gasteiger partial charge in [0.2, 0.25) is 0 Å². The van der Waals surface area contributed by atoms with Crippen LogP contribution in [0.3, 0.4) is 0 Å². The van der Waals surface area contributed by atoms with Crippen molar-refractivity contribution in [3.8, 4) is 0 Å². The molecule has 0 bridgehead atoms. The van der Waals surface area contributed by atoms with E-state index in [0.717, 1.165) is 5.56 Å². The molecule has 0 aromatic heterocycles. The molecule has 2 atom stereocenters. The van der Waals surface area contributed by atoms with Crippen molar-refractivity contribution < 1.29 is 24.5 Å². The van der Waals surface area contributed by atoms with E-state index in [1.165, 1.54) is 0 Å². The van der Waals surface area contributed by atoms with Crippen LogP contribution in [0.1, 0.15) is 12.5 Å². The van der Waals surface area contributed by atoms with Crippen LogP contribution in [-0.4, -0.2) is 34.9 Å². The number of benzene rings is 1. The lowest BCUT2D eigenvalue weighted by Gasteiger charge is -2.18. The quantitative estimate of drug-likeness (QED) is 0.733. The molecule has 0 aliphatic carbocycles. The fourth-order valence-electron chi connectivity index (χ4n) is 1.61. The van der Waals surface area contributed by atoms with E-state index in [9.17, 15) is 14.7 Å². The zero-order valence-corrected chi connectivity index (χ0v) is 10.1. The molecule has 1 rings (SSSR count). The van der Waals surface area contributed by atoms with Crippen LogP contribution in [0.2, 0.25) is 0 Å². The van der Waals surface area contributed by atoms with Gasteiger partial charge in [-0.3, -0.25) is 4.79 Å². The molecular weight excluding hydrogens is 236 g/mol. The molecule has 0 fully saturated rings. The number of carbonyl (C=O) groups is 2. The van der Waals surface area contributed by atoms with Crippen molar-refractivity contribution in [2.75, 3.05) is 6.61 Å². The van der Waals surface area contributed by atoms with Gasteiger partial charge in [-0.15, -0.1) is 0 Å². The second-order valence-corrected chi connectivity index (χ2v) is 3.83. The summed E-state index contributed by atoms with van der Waals surface area (Å²) in [5, 5.41) is 18.3. The fourth-order valence-corrected chi connectivity index (χ4v) is 1.61. The Kier molecular flexibility index (Phi) is 5.32. The second-order valence-electron chi connectivity index (χ2n) is 3.83. The number of hydrogen-bond acceptors (Lipinski definition) is 4. The average Bonchev–Trinajstić information content (AvgIpc) is 2.36. The molecule has 0 spiro atoms. The maximum Gasteiger partial charge on any atom is 0.333 e. The standard InChI is InChI=1S/C13H16O5/c1-2-18-13(17)10(11(14)12(15)16)8-9-6-4-3-5-7-9/h3-7,10-11,14H,2,8H2,1H3,(H,15,16). The van der Waals surface area contributed by atoms with Crippen molar-refractivity contribution in [2.45, 2.75) is 19.4 Å². The third-order valence-electron chi connectivity index (χ3n) is 2.52. The van der Waals surface area contributed by atoms with E-state index in [4.69, 9.17) is 9.84 Å². The number of carbonyl (C=O) groups excluding carboxylic acids is 1. The minimum absolute atomic E-state index is 0.132. The van der Waals surface area contributed by atoms with Gasteiger partial charge >= 0.3 is 11.9 Å². The van der Waals surface area contributed by atoms with E-state index in [0.29, 0.717) is 0 Å². The van der Waals surface area contributed by atoms with Crippen LogP contribution in [0.25, 0.3) is 0 Å². The van der Waals surface area contributed by atoms with Crippen LogP contribution < -0.4 is 0 Å². The van der Waals surface area contributed by atoms with Gasteiger partial charge in [0, 0.05) is 0 Å². The molecular formula is C13H16O5. The Morgan fingerprint density at radius 3 is 2.39 bits per heavy atom. The predicted molar refractivity (Wildman–Crippen MR) is 63.9 cm³/mol. The third-order valence-corrected chi connectivity index (χ3v) is 2.52. The van der Waals surface area contributed by atoms with Crippen LogP contribution in [-0.2, 0) is 20.7 Å². The first kappa shape index (κ1) is 14.2. The highest BCUT2D eigenvalue weighted by atomic mass is 16.5. The molecule has 5 nitrogen and oxygen atoms in total. The van der Waals surface area contributed by atoms with Gasteiger partial charge in [0.15, 0.2) is 6.10 Å². The number of aliphatic hydroxyl groups is 1. The van der Waals surface area contributed by atoms with E-state index >= 15 is 0 Å². The molecule has 0 radical (unpaired) electrons. The fraction of sp³-hybridized carbons (Fsp3) is 0.385. The largest absolute Gasteiger partial charge is 0.479 e. The van der Waals surface area contributed by atoms with Gasteiger partial charge in [0.1, 0.15) is 0 Å². The predicted octanol–water partition coefficient (Wildman–Crippen LogP) is 0.854. The van der Waals surface area contributed by atoms with Gasteiger partial charge in [0.05, 0.1) is 12.5 Å². The first-order valence-corrected chi connectivity index (χ1v) is 5.67. The summed E-state index contributed by atoms with van der Waals surface area (Å²) in [7, 11) is 0. The van der Waals surface area contributed by atoms with Crippen molar-refractivity contribution in [3.05, 3.63) is 35.9 Å². The van der Waals surface area contributed by atoms with Crippen molar-refractivity contribution in [3.63, 3.8) is 0 Å². The molecule has 18 heavy (non-hydrogen) atoms. The minimum atomic E-state index is -1.76. The van der Waals surface area contributed by atoms with Gasteiger partial charge in [-0.2, -0.15) is 0 Å². The maximum atomic E-state index is 11.6.